The lowest BCUT2D eigenvalue weighted by Gasteiger charge is -2.08. The van der Waals surface area contributed by atoms with Gasteiger partial charge in [0.15, 0.2) is 0 Å². The van der Waals surface area contributed by atoms with Gasteiger partial charge in [-0.1, -0.05) is 22.0 Å². The van der Waals surface area contributed by atoms with Crippen molar-refractivity contribution in [1.29, 1.82) is 5.26 Å². The van der Waals surface area contributed by atoms with Crippen molar-refractivity contribution in [2.45, 2.75) is 11.8 Å². The van der Waals surface area contributed by atoms with Crippen molar-refractivity contribution in [3.8, 4) is 6.07 Å². The van der Waals surface area contributed by atoms with Gasteiger partial charge in [0.25, 0.3) is 0 Å². The molecule has 0 heterocycles. The normalized spacial score (nSPS) is 9.67. The fourth-order valence-electron chi connectivity index (χ4n) is 1.22. The summed E-state index contributed by atoms with van der Waals surface area (Å²) < 4.78 is 0.573. The van der Waals surface area contributed by atoms with Crippen molar-refractivity contribution >= 4 is 37.8 Å². The van der Waals surface area contributed by atoms with Gasteiger partial charge >= 0.3 is 5.97 Å². The molecule has 15 heavy (non-hydrogen) atoms. The Morgan fingerprint density at radius 3 is 2.67 bits per heavy atom. The molecule has 1 N–H and O–H groups in total. The second-order valence-corrected chi connectivity index (χ2v) is 4.23. The molecule has 0 aliphatic carbocycles. The van der Waals surface area contributed by atoms with E-state index in [1.165, 1.54) is 0 Å². The van der Waals surface area contributed by atoms with Gasteiger partial charge in [0.05, 0.1) is 12.0 Å². The second-order valence-electron chi connectivity index (χ2n) is 2.88. The van der Waals surface area contributed by atoms with Crippen LogP contribution in [-0.2, 0) is 16.5 Å². The first-order valence-electron chi connectivity index (χ1n) is 4.08. The second kappa shape index (κ2) is 5.29. The standard InChI is InChI=1S/C10H7Br2NO2/c11-4-6-1-2-7(5-13)10(12)8(6)3-9(14)15/h1-2H,3-4H2,(H,14,15). The Bertz CT molecular complexity index is 438. The summed E-state index contributed by atoms with van der Waals surface area (Å²) in [5.41, 5.74) is 1.98. The summed E-state index contributed by atoms with van der Waals surface area (Å²) in [6.45, 7) is 0. The van der Waals surface area contributed by atoms with Gasteiger partial charge in [0.1, 0.15) is 6.07 Å². The van der Waals surface area contributed by atoms with E-state index >= 15 is 0 Å². The Kier molecular flexibility index (Phi) is 4.30. The van der Waals surface area contributed by atoms with Gasteiger partial charge in [-0.05, 0) is 33.1 Å². The van der Waals surface area contributed by atoms with E-state index in [9.17, 15) is 4.79 Å². The van der Waals surface area contributed by atoms with Crippen molar-refractivity contribution in [3.63, 3.8) is 0 Å². The molecule has 0 bridgehead atoms. The predicted octanol–water partition coefficient (Wildman–Crippen LogP) is 2.84. The summed E-state index contributed by atoms with van der Waals surface area (Å²) in [4.78, 5) is 10.7. The Morgan fingerprint density at radius 1 is 1.53 bits per heavy atom. The SMILES string of the molecule is N#Cc1ccc(CBr)c(CC(=O)O)c1Br. The zero-order valence-electron chi connectivity index (χ0n) is 7.63. The Balaban J connectivity index is 3.30. The van der Waals surface area contributed by atoms with Gasteiger partial charge in [-0.3, -0.25) is 4.79 Å². The highest BCUT2D eigenvalue weighted by Gasteiger charge is 2.13. The van der Waals surface area contributed by atoms with Crippen LogP contribution in [0.25, 0.3) is 0 Å². The van der Waals surface area contributed by atoms with Gasteiger partial charge in [-0.2, -0.15) is 5.26 Å². The van der Waals surface area contributed by atoms with E-state index in [1.54, 1.807) is 12.1 Å². The number of alkyl halides is 1. The first kappa shape index (κ1) is 12.2. The average molecular weight is 333 g/mol. The summed E-state index contributed by atoms with van der Waals surface area (Å²) in [5, 5.41) is 18.1. The van der Waals surface area contributed by atoms with Crippen LogP contribution in [0.4, 0.5) is 0 Å². The van der Waals surface area contributed by atoms with Crippen molar-refractivity contribution in [2.24, 2.45) is 0 Å². The molecular formula is C10H7Br2NO2. The van der Waals surface area contributed by atoms with Crippen LogP contribution in [0.1, 0.15) is 16.7 Å². The number of hydrogen-bond acceptors (Lipinski definition) is 2. The Labute approximate surface area is 104 Å². The van der Waals surface area contributed by atoms with Gasteiger partial charge in [0.2, 0.25) is 0 Å². The summed E-state index contributed by atoms with van der Waals surface area (Å²) >= 11 is 6.54. The van der Waals surface area contributed by atoms with Crippen LogP contribution >= 0.6 is 31.9 Å². The highest BCUT2D eigenvalue weighted by molar-refractivity contribution is 9.10. The monoisotopic (exact) mass is 331 g/mol. The molecule has 0 atom stereocenters. The van der Waals surface area contributed by atoms with Crippen LogP contribution in [-0.4, -0.2) is 11.1 Å². The van der Waals surface area contributed by atoms with Gasteiger partial charge in [-0.25, -0.2) is 0 Å². The van der Waals surface area contributed by atoms with E-state index in [4.69, 9.17) is 10.4 Å². The summed E-state index contributed by atoms with van der Waals surface area (Å²) in [7, 11) is 0. The maximum atomic E-state index is 10.7. The number of nitrogens with zero attached hydrogens (tertiary/aromatic N) is 1. The van der Waals surface area contributed by atoms with Crippen molar-refractivity contribution in [1.82, 2.24) is 0 Å². The molecule has 0 amide bonds. The van der Waals surface area contributed by atoms with Crippen LogP contribution < -0.4 is 0 Å². The number of carboxylic acids is 1. The van der Waals surface area contributed by atoms with E-state index in [2.05, 4.69) is 31.9 Å². The summed E-state index contributed by atoms with van der Waals surface area (Å²) in [5.74, 6) is -0.909. The third kappa shape index (κ3) is 2.80. The number of carboxylic acid groups (broad SMARTS) is 1. The number of halogens is 2. The maximum absolute atomic E-state index is 10.7. The molecule has 0 saturated heterocycles. The Morgan fingerprint density at radius 2 is 2.20 bits per heavy atom. The highest BCUT2D eigenvalue weighted by Crippen LogP contribution is 2.26. The van der Waals surface area contributed by atoms with Gasteiger partial charge < -0.3 is 5.11 Å². The quantitative estimate of drug-likeness (QED) is 0.866. The molecule has 0 aliphatic heterocycles. The molecule has 1 rings (SSSR count). The van der Waals surface area contributed by atoms with Gasteiger partial charge in [-0.15, -0.1) is 0 Å². The average Bonchev–Trinajstić information content (AvgIpc) is 2.20. The molecular weight excluding hydrogens is 326 g/mol. The molecule has 0 radical (unpaired) electrons. The topological polar surface area (TPSA) is 61.1 Å². The minimum absolute atomic E-state index is 0.0863. The molecule has 3 nitrogen and oxygen atoms in total. The van der Waals surface area contributed by atoms with Crippen LogP contribution in [0.5, 0.6) is 0 Å². The zero-order chi connectivity index (χ0) is 11.4. The smallest absolute Gasteiger partial charge is 0.307 e. The summed E-state index contributed by atoms with van der Waals surface area (Å²) in [6, 6.07) is 5.44. The molecule has 0 fully saturated rings. The van der Waals surface area contributed by atoms with Crippen LogP contribution in [0.15, 0.2) is 16.6 Å². The van der Waals surface area contributed by atoms with E-state index in [0.29, 0.717) is 20.9 Å². The molecule has 0 aliphatic rings. The van der Waals surface area contributed by atoms with Crippen LogP contribution in [0, 0.1) is 11.3 Å². The minimum Gasteiger partial charge on any atom is -0.481 e. The van der Waals surface area contributed by atoms with E-state index in [-0.39, 0.29) is 6.42 Å². The van der Waals surface area contributed by atoms with E-state index in [1.807, 2.05) is 6.07 Å². The van der Waals surface area contributed by atoms with E-state index < -0.39 is 5.97 Å². The fourth-order valence-corrected chi connectivity index (χ4v) is 2.36. The number of carbonyl (C=O) groups is 1. The zero-order valence-corrected chi connectivity index (χ0v) is 10.8. The third-order valence-corrected chi connectivity index (χ3v) is 3.44. The molecule has 5 heteroatoms. The largest absolute Gasteiger partial charge is 0.481 e. The molecule has 0 aromatic heterocycles. The van der Waals surface area contributed by atoms with Crippen molar-refractivity contribution in [2.75, 3.05) is 0 Å². The fraction of sp³-hybridized carbons (Fsp3) is 0.200. The molecule has 0 unspecified atom stereocenters. The predicted molar refractivity (Wildman–Crippen MR) is 62.8 cm³/mol. The number of nitriles is 1. The lowest BCUT2D eigenvalue weighted by Crippen LogP contribution is -2.04. The molecule has 0 saturated carbocycles. The number of hydrogen-bond donors (Lipinski definition) is 1. The molecule has 1 aromatic rings. The van der Waals surface area contributed by atoms with E-state index in [0.717, 1.165) is 5.56 Å². The van der Waals surface area contributed by atoms with Crippen LogP contribution in [0.2, 0.25) is 0 Å². The number of rotatable bonds is 3. The minimum atomic E-state index is -0.909. The lowest BCUT2D eigenvalue weighted by atomic mass is 10.0. The van der Waals surface area contributed by atoms with Gasteiger partial charge in [0, 0.05) is 9.80 Å². The maximum Gasteiger partial charge on any atom is 0.307 e. The molecule has 78 valence electrons. The molecule has 1 aromatic carbocycles. The first-order valence-corrected chi connectivity index (χ1v) is 5.99. The highest BCUT2D eigenvalue weighted by atomic mass is 79.9. The number of aliphatic carboxylic acids is 1. The first-order chi connectivity index (χ1) is 7.10. The molecule has 0 spiro atoms. The number of benzene rings is 1. The van der Waals surface area contributed by atoms with Crippen molar-refractivity contribution in [3.05, 3.63) is 33.3 Å². The third-order valence-electron chi connectivity index (χ3n) is 1.93. The Hall–Kier alpha value is -0.860. The lowest BCUT2D eigenvalue weighted by molar-refractivity contribution is -0.136. The van der Waals surface area contributed by atoms with Crippen molar-refractivity contribution < 1.29 is 9.90 Å². The summed E-state index contributed by atoms with van der Waals surface area (Å²) in [6.07, 6.45) is -0.0863. The van der Waals surface area contributed by atoms with Crippen LogP contribution in [0.3, 0.4) is 0 Å².